The fourth-order valence-corrected chi connectivity index (χ4v) is 1.71. The first-order valence-electron chi connectivity index (χ1n) is 6.11. The van der Waals surface area contributed by atoms with Gasteiger partial charge in [-0.15, -0.1) is 0 Å². The summed E-state index contributed by atoms with van der Waals surface area (Å²) in [5, 5.41) is 3.22. The van der Waals surface area contributed by atoms with Crippen molar-refractivity contribution in [2.75, 3.05) is 25.0 Å². The zero-order valence-electron chi connectivity index (χ0n) is 10.8. The van der Waals surface area contributed by atoms with Gasteiger partial charge in [-0.25, -0.2) is 4.98 Å². The molecule has 1 unspecified atom stereocenters. The Kier molecular flexibility index (Phi) is 5.26. The van der Waals surface area contributed by atoms with Crippen LogP contribution in [0.4, 0.5) is 5.82 Å². The molecule has 0 spiro atoms. The van der Waals surface area contributed by atoms with Crippen LogP contribution < -0.4 is 10.2 Å². The van der Waals surface area contributed by atoms with Crippen molar-refractivity contribution in [2.24, 2.45) is 0 Å². The van der Waals surface area contributed by atoms with E-state index in [1.165, 1.54) is 5.56 Å². The Hall–Kier alpha value is -1.09. The highest BCUT2D eigenvalue weighted by molar-refractivity contribution is 5.39. The monoisotopic (exact) mass is 221 g/mol. The van der Waals surface area contributed by atoms with Gasteiger partial charge in [0.05, 0.1) is 0 Å². The number of hydrogen-bond acceptors (Lipinski definition) is 3. The Morgan fingerprint density at radius 1 is 1.38 bits per heavy atom. The predicted octanol–water partition coefficient (Wildman–Crippen LogP) is 2.60. The smallest absolute Gasteiger partial charge is 0.128 e. The minimum absolute atomic E-state index is 0.364. The number of pyridine rings is 1. The predicted molar refractivity (Wildman–Crippen MR) is 69.9 cm³/mol. The third-order valence-corrected chi connectivity index (χ3v) is 2.90. The molecule has 0 amide bonds. The SMILES string of the molecule is CCCN(CC)c1ccc(C(C)NC)cn1. The Morgan fingerprint density at radius 3 is 2.56 bits per heavy atom. The van der Waals surface area contributed by atoms with Crippen LogP contribution >= 0.6 is 0 Å². The number of nitrogens with one attached hydrogen (secondary N) is 1. The van der Waals surface area contributed by atoms with Gasteiger partial charge >= 0.3 is 0 Å². The van der Waals surface area contributed by atoms with E-state index in [1.54, 1.807) is 0 Å². The van der Waals surface area contributed by atoms with Crippen LogP contribution in [-0.4, -0.2) is 25.1 Å². The first-order chi connectivity index (χ1) is 7.72. The van der Waals surface area contributed by atoms with E-state index >= 15 is 0 Å². The normalized spacial score (nSPS) is 12.5. The van der Waals surface area contributed by atoms with Crippen molar-refractivity contribution in [3.63, 3.8) is 0 Å². The molecule has 1 heterocycles. The summed E-state index contributed by atoms with van der Waals surface area (Å²) in [4.78, 5) is 6.82. The zero-order valence-corrected chi connectivity index (χ0v) is 10.8. The second-order valence-corrected chi connectivity index (χ2v) is 4.04. The highest BCUT2D eigenvalue weighted by Crippen LogP contribution is 2.15. The van der Waals surface area contributed by atoms with Crippen LogP contribution in [-0.2, 0) is 0 Å². The van der Waals surface area contributed by atoms with E-state index < -0.39 is 0 Å². The van der Waals surface area contributed by atoms with E-state index in [9.17, 15) is 0 Å². The summed E-state index contributed by atoms with van der Waals surface area (Å²) in [6, 6.07) is 4.63. The molecule has 0 saturated heterocycles. The largest absolute Gasteiger partial charge is 0.357 e. The Balaban J connectivity index is 2.76. The van der Waals surface area contributed by atoms with Gasteiger partial charge in [-0.1, -0.05) is 13.0 Å². The summed E-state index contributed by atoms with van der Waals surface area (Å²) in [6.07, 6.45) is 3.12. The molecule has 0 radical (unpaired) electrons. The van der Waals surface area contributed by atoms with Gasteiger partial charge in [-0.05, 0) is 38.9 Å². The van der Waals surface area contributed by atoms with Crippen LogP contribution in [0.25, 0.3) is 0 Å². The van der Waals surface area contributed by atoms with Crippen molar-refractivity contribution in [1.29, 1.82) is 0 Å². The van der Waals surface area contributed by atoms with Gasteiger partial charge in [0.1, 0.15) is 5.82 Å². The van der Waals surface area contributed by atoms with Crippen molar-refractivity contribution in [3.05, 3.63) is 23.9 Å². The maximum atomic E-state index is 4.52. The van der Waals surface area contributed by atoms with Crippen molar-refractivity contribution in [3.8, 4) is 0 Å². The lowest BCUT2D eigenvalue weighted by Crippen LogP contribution is -2.24. The van der Waals surface area contributed by atoms with Gasteiger partial charge in [0.25, 0.3) is 0 Å². The van der Waals surface area contributed by atoms with Gasteiger partial charge in [-0.2, -0.15) is 0 Å². The molecular formula is C13H23N3. The molecule has 1 aromatic heterocycles. The van der Waals surface area contributed by atoms with Crippen molar-refractivity contribution in [2.45, 2.75) is 33.2 Å². The number of nitrogens with zero attached hydrogens (tertiary/aromatic N) is 2. The molecule has 0 aliphatic carbocycles. The van der Waals surface area contributed by atoms with Crippen molar-refractivity contribution >= 4 is 5.82 Å². The molecule has 1 atom stereocenters. The van der Waals surface area contributed by atoms with Crippen LogP contribution in [0.5, 0.6) is 0 Å². The average molecular weight is 221 g/mol. The van der Waals surface area contributed by atoms with E-state index in [1.807, 2.05) is 13.2 Å². The van der Waals surface area contributed by atoms with Gasteiger partial charge in [0, 0.05) is 25.3 Å². The molecule has 0 aliphatic rings. The molecule has 1 N–H and O–H groups in total. The maximum Gasteiger partial charge on any atom is 0.128 e. The number of hydrogen-bond donors (Lipinski definition) is 1. The van der Waals surface area contributed by atoms with Gasteiger partial charge in [0.2, 0.25) is 0 Å². The lowest BCUT2D eigenvalue weighted by Gasteiger charge is -2.21. The number of anilines is 1. The van der Waals surface area contributed by atoms with Gasteiger partial charge in [0.15, 0.2) is 0 Å². The lowest BCUT2D eigenvalue weighted by atomic mass is 10.1. The minimum atomic E-state index is 0.364. The first-order valence-corrected chi connectivity index (χ1v) is 6.11. The Bertz CT molecular complexity index is 295. The average Bonchev–Trinajstić information content (AvgIpc) is 2.35. The minimum Gasteiger partial charge on any atom is -0.357 e. The topological polar surface area (TPSA) is 28.2 Å². The third kappa shape index (κ3) is 3.20. The van der Waals surface area contributed by atoms with E-state index in [0.29, 0.717) is 6.04 Å². The molecule has 1 rings (SSSR count). The molecule has 0 aliphatic heterocycles. The molecule has 0 bridgehead atoms. The molecule has 3 nitrogen and oxygen atoms in total. The Morgan fingerprint density at radius 2 is 2.12 bits per heavy atom. The van der Waals surface area contributed by atoms with Gasteiger partial charge < -0.3 is 10.2 Å². The molecule has 16 heavy (non-hydrogen) atoms. The quantitative estimate of drug-likeness (QED) is 0.800. The maximum absolute atomic E-state index is 4.52. The summed E-state index contributed by atoms with van der Waals surface area (Å²) in [5.41, 5.74) is 1.24. The molecule has 0 saturated carbocycles. The number of rotatable bonds is 6. The second kappa shape index (κ2) is 6.48. The third-order valence-electron chi connectivity index (χ3n) is 2.90. The summed E-state index contributed by atoms with van der Waals surface area (Å²) in [5.74, 6) is 1.08. The summed E-state index contributed by atoms with van der Waals surface area (Å²) in [6.45, 7) is 8.59. The standard InChI is InChI=1S/C13H23N3/c1-5-9-16(6-2)13-8-7-12(10-15-13)11(3)14-4/h7-8,10-11,14H,5-6,9H2,1-4H3. The van der Waals surface area contributed by atoms with Crippen LogP contribution in [0.15, 0.2) is 18.3 Å². The fraction of sp³-hybridized carbons (Fsp3) is 0.615. The van der Waals surface area contributed by atoms with E-state index in [-0.39, 0.29) is 0 Å². The molecule has 0 aromatic carbocycles. The van der Waals surface area contributed by atoms with Crippen molar-refractivity contribution < 1.29 is 0 Å². The highest BCUT2D eigenvalue weighted by atomic mass is 15.2. The van der Waals surface area contributed by atoms with E-state index in [0.717, 1.165) is 25.3 Å². The second-order valence-electron chi connectivity index (χ2n) is 4.04. The summed E-state index contributed by atoms with van der Waals surface area (Å²) in [7, 11) is 1.97. The number of aromatic nitrogens is 1. The fourth-order valence-electron chi connectivity index (χ4n) is 1.71. The molecule has 1 aromatic rings. The lowest BCUT2D eigenvalue weighted by molar-refractivity contribution is 0.649. The summed E-state index contributed by atoms with van der Waals surface area (Å²) < 4.78 is 0. The molecule has 3 heteroatoms. The highest BCUT2D eigenvalue weighted by Gasteiger charge is 2.06. The van der Waals surface area contributed by atoms with Crippen LogP contribution in [0.3, 0.4) is 0 Å². The molecule has 0 fully saturated rings. The molecule has 90 valence electrons. The molecular weight excluding hydrogens is 198 g/mol. The van der Waals surface area contributed by atoms with Crippen molar-refractivity contribution in [1.82, 2.24) is 10.3 Å². The van der Waals surface area contributed by atoms with E-state index in [2.05, 4.69) is 48.1 Å². The van der Waals surface area contributed by atoms with Gasteiger partial charge in [-0.3, -0.25) is 0 Å². The van der Waals surface area contributed by atoms with Crippen LogP contribution in [0.2, 0.25) is 0 Å². The summed E-state index contributed by atoms with van der Waals surface area (Å²) >= 11 is 0. The zero-order chi connectivity index (χ0) is 12.0. The first kappa shape index (κ1) is 13.0. The Labute approximate surface area is 98.9 Å². The van der Waals surface area contributed by atoms with Crippen LogP contribution in [0, 0.1) is 0 Å². The van der Waals surface area contributed by atoms with Crippen LogP contribution in [0.1, 0.15) is 38.8 Å². The van der Waals surface area contributed by atoms with E-state index in [4.69, 9.17) is 0 Å².